The van der Waals surface area contributed by atoms with Gasteiger partial charge in [0.15, 0.2) is 5.65 Å². The number of rotatable bonds is 3. The molecule has 1 aromatic carbocycles. The Balaban J connectivity index is 2.12. The molecule has 0 fully saturated rings. The lowest BCUT2D eigenvalue weighted by atomic mass is 10.1. The molecule has 0 atom stereocenters. The number of hydrazine groups is 1. The predicted octanol–water partition coefficient (Wildman–Crippen LogP) is 2.00. The Morgan fingerprint density at radius 1 is 1.20 bits per heavy atom. The van der Waals surface area contributed by atoms with E-state index in [4.69, 9.17) is 10.6 Å². The lowest BCUT2D eigenvalue weighted by molar-refractivity contribution is 0.415. The number of nitrogens with two attached hydrogens (primary N) is 1. The molecule has 0 amide bonds. The highest BCUT2D eigenvalue weighted by Gasteiger charge is 2.09. The molecule has 20 heavy (non-hydrogen) atoms. The van der Waals surface area contributed by atoms with Crippen molar-refractivity contribution in [1.29, 1.82) is 0 Å². The van der Waals surface area contributed by atoms with E-state index in [9.17, 15) is 0 Å². The van der Waals surface area contributed by atoms with Crippen LogP contribution in [0.25, 0.3) is 16.9 Å². The van der Waals surface area contributed by atoms with E-state index in [1.54, 1.807) is 11.6 Å². The van der Waals surface area contributed by atoms with Gasteiger partial charge in [-0.15, -0.1) is 0 Å². The third-order valence-electron chi connectivity index (χ3n) is 3.09. The summed E-state index contributed by atoms with van der Waals surface area (Å²) in [6, 6.07) is 11.5. The first-order chi connectivity index (χ1) is 9.71. The fourth-order valence-electron chi connectivity index (χ4n) is 2.11. The molecule has 0 spiro atoms. The van der Waals surface area contributed by atoms with Crippen molar-refractivity contribution >= 4 is 11.5 Å². The maximum atomic E-state index is 5.52. The molecule has 0 saturated carbocycles. The van der Waals surface area contributed by atoms with Crippen LogP contribution in [-0.4, -0.2) is 21.7 Å². The second kappa shape index (κ2) is 4.82. The maximum Gasteiger partial charge on any atom is 0.158 e. The molecule has 0 aliphatic rings. The van der Waals surface area contributed by atoms with E-state index in [0.29, 0.717) is 5.82 Å². The van der Waals surface area contributed by atoms with Gasteiger partial charge in [-0.05, 0) is 31.2 Å². The lowest BCUT2D eigenvalue weighted by Gasteiger charge is -2.03. The number of aromatic nitrogens is 3. The minimum atomic E-state index is 0.701. The molecule has 2 aromatic heterocycles. The van der Waals surface area contributed by atoms with Gasteiger partial charge in [0.1, 0.15) is 11.6 Å². The summed E-state index contributed by atoms with van der Waals surface area (Å²) >= 11 is 0. The average molecular weight is 269 g/mol. The van der Waals surface area contributed by atoms with E-state index in [1.807, 2.05) is 43.3 Å². The summed E-state index contributed by atoms with van der Waals surface area (Å²) in [5, 5.41) is 4.52. The van der Waals surface area contributed by atoms with Crippen molar-refractivity contribution in [2.45, 2.75) is 6.92 Å². The Morgan fingerprint density at radius 2 is 1.95 bits per heavy atom. The molecule has 102 valence electrons. The van der Waals surface area contributed by atoms with Crippen molar-refractivity contribution in [3.63, 3.8) is 0 Å². The molecule has 0 aliphatic carbocycles. The van der Waals surface area contributed by atoms with Gasteiger partial charge in [0.25, 0.3) is 0 Å². The predicted molar refractivity (Wildman–Crippen MR) is 77.5 cm³/mol. The molecule has 0 saturated heterocycles. The molecule has 6 heteroatoms. The number of aryl methyl sites for hydroxylation is 1. The molecular formula is C14H15N5O. The normalized spacial score (nSPS) is 10.8. The Morgan fingerprint density at radius 3 is 2.60 bits per heavy atom. The SMILES string of the molecule is COc1ccc(-c2cc3nc(C)cc(NN)n3n2)cc1. The van der Waals surface area contributed by atoms with Crippen LogP contribution in [0.2, 0.25) is 0 Å². The Bertz CT molecular complexity index is 748. The Kier molecular flexibility index (Phi) is 3.00. The third-order valence-corrected chi connectivity index (χ3v) is 3.09. The van der Waals surface area contributed by atoms with E-state index in [-0.39, 0.29) is 0 Å². The zero-order valence-electron chi connectivity index (χ0n) is 11.3. The van der Waals surface area contributed by atoms with E-state index >= 15 is 0 Å². The second-order valence-corrected chi connectivity index (χ2v) is 4.46. The van der Waals surface area contributed by atoms with Gasteiger partial charge in [-0.25, -0.2) is 10.8 Å². The van der Waals surface area contributed by atoms with Gasteiger partial charge in [-0.3, -0.25) is 0 Å². The van der Waals surface area contributed by atoms with Crippen molar-refractivity contribution in [1.82, 2.24) is 14.6 Å². The number of anilines is 1. The summed E-state index contributed by atoms with van der Waals surface area (Å²) in [5.41, 5.74) is 6.10. The summed E-state index contributed by atoms with van der Waals surface area (Å²) in [7, 11) is 1.64. The minimum Gasteiger partial charge on any atom is -0.497 e. The van der Waals surface area contributed by atoms with E-state index in [0.717, 1.165) is 28.3 Å². The van der Waals surface area contributed by atoms with E-state index < -0.39 is 0 Å². The van der Waals surface area contributed by atoms with Gasteiger partial charge in [0, 0.05) is 23.4 Å². The van der Waals surface area contributed by atoms with Crippen LogP contribution < -0.4 is 16.0 Å². The van der Waals surface area contributed by atoms with Crippen LogP contribution in [0, 0.1) is 6.92 Å². The topological polar surface area (TPSA) is 77.5 Å². The van der Waals surface area contributed by atoms with Crippen LogP contribution >= 0.6 is 0 Å². The first-order valence-electron chi connectivity index (χ1n) is 6.20. The summed E-state index contributed by atoms with van der Waals surface area (Å²) in [4.78, 5) is 4.44. The second-order valence-electron chi connectivity index (χ2n) is 4.46. The monoisotopic (exact) mass is 269 g/mol. The number of fused-ring (bicyclic) bond motifs is 1. The molecule has 3 aromatic rings. The maximum absolute atomic E-state index is 5.52. The van der Waals surface area contributed by atoms with Crippen LogP contribution in [0.5, 0.6) is 5.75 Å². The standard InChI is InChI=1S/C14H15N5O/c1-9-7-14(17-15)19-13(16-9)8-12(18-19)10-3-5-11(20-2)6-4-10/h3-8,17H,15H2,1-2H3. The van der Waals surface area contributed by atoms with Gasteiger partial charge >= 0.3 is 0 Å². The smallest absolute Gasteiger partial charge is 0.158 e. The zero-order valence-corrected chi connectivity index (χ0v) is 11.3. The molecule has 0 bridgehead atoms. The zero-order chi connectivity index (χ0) is 14.1. The van der Waals surface area contributed by atoms with Crippen LogP contribution in [-0.2, 0) is 0 Å². The van der Waals surface area contributed by atoms with Crippen molar-refractivity contribution < 1.29 is 4.74 Å². The average Bonchev–Trinajstić information content (AvgIpc) is 2.90. The number of ether oxygens (including phenoxy) is 1. The minimum absolute atomic E-state index is 0.701. The van der Waals surface area contributed by atoms with Crippen molar-refractivity contribution in [2.75, 3.05) is 12.5 Å². The first kappa shape index (κ1) is 12.4. The van der Waals surface area contributed by atoms with Gasteiger partial charge in [-0.2, -0.15) is 9.61 Å². The summed E-state index contributed by atoms with van der Waals surface area (Å²) in [6.07, 6.45) is 0. The quantitative estimate of drug-likeness (QED) is 0.561. The summed E-state index contributed by atoms with van der Waals surface area (Å²) in [6.45, 7) is 1.92. The molecule has 6 nitrogen and oxygen atoms in total. The number of nitrogens with zero attached hydrogens (tertiary/aromatic N) is 3. The van der Waals surface area contributed by atoms with Crippen LogP contribution in [0.1, 0.15) is 5.69 Å². The van der Waals surface area contributed by atoms with Crippen LogP contribution in [0.4, 0.5) is 5.82 Å². The van der Waals surface area contributed by atoms with Crippen LogP contribution in [0.3, 0.4) is 0 Å². The molecule has 0 unspecified atom stereocenters. The molecule has 0 aliphatic heterocycles. The van der Waals surface area contributed by atoms with Crippen molar-refractivity contribution in [2.24, 2.45) is 5.84 Å². The number of hydrogen-bond acceptors (Lipinski definition) is 5. The third kappa shape index (κ3) is 2.06. The Hall–Kier alpha value is -2.60. The highest BCUT2D eigenvalue weighted by molar-refractivity contribution is 5.66. The number of nitrogens with one attached hydrogen (secondary N) is 1. The highest BCUT2D eigenvalue weighted by Crippen LogP contribution is 2.23. The molecule has 3 rings (SSSR count). The number of benzene rings is 1. The van der Waals surface area contributed by atoms with Gasteiger partial charge < -0.3 is 10.2 Å². The number of nitrogen functional groups attached to an aromatic ring is 1. The number of methoxy groups -OCH3 is 1. The summed E-state index contributed by atoms with van der Waals surface area (Å²) < 4.78 is 6.84. The van der Waals surface area contributed by atoms with Gasteiger partial charge in [0.2, 0.25) is 0 Å². The highest BCUT2D eigenvalue weighted by atomic mass is 16.5. The molecule has 3 N–H and O–H groups in total. The van der Waals surface area contributed by atoms with Crippen molar-refractivity contribution in [3.8, 4) is 17.0 Å². The molecule has 2 heterocycles. The van der Waals surface area contributed by atoms with Crippen LogP contribution in [0.15, 0.2) is 36.4 Å². The fourth-order valence-corrected chi connectivity index (χ4v) is 2.11. The summed E-state index contributed by atoms with van der Waals surface area (Å²) in [5.74, 6) is 7.03. The number of hydrogen-bond donors (Lipinski definition) is 2. The fraction of sp³-hybridized carbons (Fsp3) is 0.143. The first-order valence-corrected chi connectivity index (χ1v) is 6.20. The largest absolute Gasteiger partial charge is 0.497 e. The van der Waals surface area contributed by atoms with Gasteiger partial charge in [-0.1, -0.05) is 0 Å². The van der Waals surface area contributed by atoms with E-state index in [2.05, 4.69) is 15.5 Å². The Labute approximate surface area is 116 Å². The van der Waals surface area contributed by atoms with E-state index in [1.165, 1.54) is 0 Å². The van der Waals surface area contributed by atoms with Crippen molar-refractivity contribution in [3.05, 3.63) is 42.1 Å². The molecule has 0 radical (unpaired) electrons. The molecular weight excluding hydrogens is 254 g/mol. The lowest BCUT2D eigenvalue weighted by Crippen LogP contribution is -2.12. The van der Waals surface area contributed by atoms with Gasteiger partial charge in [0.05, 0.1) is 12.8 Å².